The van der Waals surface area contributed by atoms with Gasteiger partial charge in [-0.05, 0) is 25.5 Å². The van der Waals surface area contributed by atoms with Crippen molar-refractivity contribution in [2.45, 2.75) is 103 Å². The van der Waals surface area contributed by atoms with Crippen molar-refractivity contribution >= 4 is 39.3 Å². The van der Waals surface area contributed by atoms with Gasteiger partial charge >= 0.3 is 0 Å². The highest BCUT2D eigenvalue weighted by Gasteiger charge is 2.25. The number of thiocarbonyl (C=S) groups is 1. The quantitative estimate of drug-likeness (QED) is 0.229. The number of hydrogen-bond donors (Lipinski definition) is 0. The number of nitrogens with zero attached hydrogens (tertiary/aromatic N) is 1. The lowest BCUT2D eigenvalue weighted by molar-refractivity contribution is 0.563. The summed E-state index contributed by atoms with van der Waals surface area (Å²) >= 11 is 8.78. The Hall–Kier alpha value is 0.280. The van der Waals surface area contributed by atoms with Crippen LogP contribution in [0.5, 0.6) is 0 Å². The molecule has 4 heteroatoms. The van der Waals surface area contributed by atoms with Crippen molar-refractivity contribution in [2.75, 3.05) is 5.75 Å². The smallest absolute Gasteiger partial charge is 0.105 e. The van der Waals surface area contributed by atoms with Crippen LogP contribution in [0.2, 0.25) is 0 Å². The second kappa shape index (κ2) is 15.8. The molecular formula is C19H35NS3. The third-order valence-corrected chi connectivity index (χ3v) is 6.84. The molecule has 0 bridgehead atoms. The second-order valence-electron chi connectivity index (χ2n) is 6.48. The molecule has 0 aromatic carbocycles. The molecule has 0 saturated heterocycles. The van der Waals surface area contributed by atoms with E-state index >= 15 is 0 Å². The zero-order valence-electron chi connectivity index (χ0n) is 15.4. The maximum Gasteiger partial charge on any atom is 0.105 e. The minimum absolute atomic E-state index is 0.337. The number of thioether (sulfide) groups is 2. The fourth-order valence-electron chi connectivity index (χ4n) is 2.57. The predicted molar refractivity (Wildman–Crippen MR) is 113 cm³/mol. The fourth-order valence-corrected chi connectivity index (χ4v) is 5.64. The van der Waals surface area contributed by atoms with Crippen LogP contribution in [-0.2, 0) is 0 Å². The van der Waals surface area contributed by atoms with Crippen LogP contribution in [0.3, 0.4) is 0 Å². The standard InChI is InChI=1S/C19H35NS3/c1-4-6-7-8-9-10-11-12-13-14-16-22-18(21)23-19(3,17-20)15-5-2/h4-16H2,1-3H3. The van der Waals surface area contributed by atoms with Crippen LogP contribution in [0.15, 0.2) is 0 Å². The summed E-state index contributed by atoms with van der Waals surface area (Å²) in [5.74, 6) is 1.11. The lowest BCUT2D eigenvalue weighted by Gasteiger charge is -2.19. The molecule has 1 nitrogen and oxygen atoms in total. The normalized spacial score (nSPS) is 13.5. The SMILES string of the molecule is CCCCCCCCCCCCSC(=S)SC(C)(C#N)CCC. The van der Waals surface area contributed by atoms with Crippen LogP contribution in [0.4, 0.5) is 0 Å². The third-order valence-electron chi connectivity index (χ3n) is 3.99. The molecule has 0 amide bonds. The maximum atomic E-state index is 9.29. The molecule has 0 aromatic rings. The molecule has 0 rings (SSSR count). The van der Waals surface area contributed by atoms with E-state index in [1.54, 1.807) is 23.5 Å². The van der Waals surface area contributed by atoms with Crippen molar-refractivity contribution in [1.29, 1.82) is 5.26 Å². The minimum atomic E-state index is -0.337. The lowest BCUT2D eigenvalue weighted by atomic mass is 10.1. The van der Waals surface area contributed by atoms with Gasteiger partial charge in [0, 0.05) is 0 Å². The number of unbranched alkanes of at least 4 members (excludes halogenated alkanes) is 9. The van der Waals surface area contributed by atoms with Crippen LogP contribution < -0.4 is 0 Å². The van der Waals surface area contributed by atoms with Gasteiger partial charge in [0.2, 0.25) is 0 Å². The van der Waals surface area contributed by atoms with Crippen LogP contribution in [-0.4, -0.2) is 14.0 Å². The largest absolute Gasteiger partial charge is 0.197 e. The predicted octanol–water partition coefficient (Wildman–Crippen LogP) is 7.74. The van der Waals surface area contributed by atoms with Crippen molar-refractivity contribution in [3.05, 3.63) is 0 Å². The van der Waals surface area contributed by atoms with Gasteiger partial charge in [0.05, 0.1) is 6.07 Å². The van der Waals surface area contributed by atoms with Crippen molar-refractivity contribution in [3.8, 4) is 6.07 Å². The summed E-state index contributed by atoms with van der Waals surface area (Å²) in [6.07, 6.45) is 15.7. The Labute approximate surface area is 158 Å². The molecule has 0 aliphatic heterocycles. The van der Waals surface area contributed by atoms with Gasteiger partial charge in [-0.25, -0.2) is 0 Å². The highest BCUT2D eigenvalue weighted by atomic mass is 32.2. The third kappa shape index (κ3) is 14.3. The van der Waals surface area contributed by atoms with E-state index in [-0.39, 0.29) is 4.75 Å². The van der Waals surface area contributed by atoms with Gasteiger partial charge in [-0.15, -0.1) is 11.8 Å². The average Bonchev–Trinajstić information content (AvgIpc) is 2.52. The summed E-state index contributed by atoms with van der Waals surface area (Å²) in [4.78, 5) is 0. The van der Waals surface area contributed by atoms with E-state index < -0.39 is 0 Å². The number of rotatable bonds is 14. The second-order valence-corrected chi connectivity index (χ2v) is 10.3. The Morgan fingerprint density at radius 2 is 1.43 bits per heavy atom. The first-order valence-electron chi connectivity index (χ1n) is 9.35. The Morgan fingerprint density at radius 1 is 0.913 bits per heavy atom. The molecule has 134 valence electrons. The van der Waals surface area contributed by atoms with Gasteiger partial charge in [0.15, 0.2) is 0 Å². The Bertz CT molecular complexity index is 338. The van der Waals surface area contributed by atoms with Gasteiger partial charge in [-0.3, -0.25) is 0 Å². The highest BCUT2D eigenvalue weighted by Crippen LogP contribution is 2.34. The van der Waals surface area contributed by atoms with E-state index in [9.17, 15) is 5.26 Å². The van der Waals surface area contributed by atoms with Gasteiger partial charge < -0.3 is 0 Å². The summed E-state index contributed by atoms with van der Waals surface area (Å²) < 4.78 is 0.606. The minimum Gasteiger partial charge on any atom is -0.197 e. The molecule has 1 unspecified atom stereocenters. The monoisotopic (exact) mass is 373 g/mol. The molecule has 0 aliphatic carbocycles. The molecule has 0 fully saturated rings. The first kappa shape index (κ1) is 23.3. The van der Waals surface area contributed by atoms with Gasteiger partial charge in [-0.2, -0.15) is 5.26 Å². The number of nitriles is 1. The van der Waals surface area contributed by atoms with E-state index in [4.69, 9.17) is 12.2 Å². The highest BCUT2D eigenvalue weighted by molar-refractivity contribution is 8.47. The maximum absolute atomic E-state index is 9.29. The Kier molecular flexibility index (Phi) is 16.0. The molecule has 0 heterocycles. The van der Waals surface area contributed by atoms with Crippen molar-refractivity contribution in [3.63, 3.8) is 0 Å². The van der Waals surface area contributed by atoms with Crippen molar-refractivity contribution in [1.82, 2.24) is 0 Å². The molecule has 0 N–H and O–H groups in total. The van der Waals surface area contributed by atoms with Gasteiger partial charge in [0.25, 0.3) is 0 Å². The number of hydrogen-bond acceptors (Lipinski definition) is 4. The topological polar surface area (TPSA) is 23.8 Å². The van der Waals surface area contributed by atoms with Crippen molar-refractivity contribution in [2.24, 2.45) is 0 Å². The van der Waals surface area contributed by atoms with E-state index in [0.29, 0.717) is 0 Å². The first-order chi connectivity index (χ1) is 11.1. The summed E-state index contributed by atoms with van der Waals surface area (Å²) in [5.41, 5.74) is 0. The lowest BCUT2D eigenvalue weighted by Crippen LogP contribution is -2.18. The molecule has 0 radical (unpaired) electrons. The average molecular weight is 374 g/mol. The Morgan fingerprint density at radius 3 is 1.91 bits per heavy atom. The van der Waals surface area contributed by atoms with E-state index in [2.05, 4.69) is 19.9 Å². The fraction of sp³-hybridized carbons (Fsp3) is 0.895. The van der Waals surface area contributed by atoms with Crippen LogP contribution in [0.25, 0.3) is 0 Å². The molecular weight excluding hydrogens is 338 g/mol. The van der Waals surface area contributed by atoms with Gasteiger partial charge in [0.1, 0.15) is 8.28 Å². The zero-order chi connectivity index (χ0) is 17.4. The van der Waals surface area contributed by atoms with Crippen LogP contribution >= 0.6 is 35.7 Å². The summed E-state index contributed by atoms with van der Waals surface area (Å²) in [6.45, 7) is 6.40. The summed E-state index contributed by atoms with van der Waals surface area (Å²) in [5, 5.41) is 9.29. The van der Waals surface area contributed by atoms with E-state index in [1.807, 2.05) is 6.92 Å². The summed E-state index contributed by atoms with van der Waals surface area (Å²) in [6, 6.07) is 2.42. The molecule has 0 saturated carbocycles. The first-order valence-corrected chi connectivity index (χ1v) is 11.6. The van der Waals surface area contributed by atoms with Crippen molar-refractivity contribution < 1.29 is 0 Å². The Balaban J connectivity index is 3.47. The van der Waals surface area contributed by atoms with E-state index in [0.717, 1.165) is 22.1 Å². The molecule has 0 aliphatic rings. The summed E-state index contributed by atoms with van der Waals surface area (Å²) in [7, 11) is 0. The molecule has 23 heavy (non-hydrogen) atoms. The van der Waals surface area contributed by atoms with Crippen LogP contribution in [0.1, 0.15) is 97.8 Å². The molecule has 0 spiro atoms. The van der Waals surface area contributed by atoms with Crippen LogP contribution in [0, 0.1) is 11.3 Å². The van der Waals surface area contributed by atoms with Gasteiger partial charge in [-0.1, -0.05) is 102 Å². The van der Waals surface area contributed by atoms with E-state index in [1.165, 1.54) is 64.2 Å². The molecule has 0 aromatic heterocycles. The zero-order valence-corrected chi connectivity index (χ0v) is 17.8. The molecule has 1 atom stereocenters.